The molecule has 0 aliphatic heterocycles. The first-order chi connectivity index (χ1) is 43.8. The number of carbonyl (C=O) groups excluding carboxylic acids is 2. The van der Waals surface area contributed by atoms with Gasteiger partial charge >= 0.3 is 290 Å². The average Bonchev–Trinajstić information content (AvgIpc) is 0.801. The van der Waals surface area contributed by atoms with E-state index in [4.69, 9.17) is 75.8 Å². The smallest absolute Gasteiger partial charge is 0.743 e. The molecule has 128 heavy (non-hydrogen) atoms. The summed E-state index contributed by atoms with van der Waals surface area (Å²) in [5.41, 5.74) is 0. The van der Waals surface area contributed by atoms with E-state index in [2.05, 4.69) is 8.91 Å². The van der Waals surface area contributed by atoms with Crippen LogP contribution in [-0.2, 0) is 138 Å². The van der Waals surface area contributed by atoms with Crippen molar-refractivity contribution in [3.63, 3.8) is 0 Å². The quantitative estimate of drug-likeness (QED) is 0.0325. The van der Waals surface area contributed by atoms with Crippen LogP contribution in [0.3, 0.4) is 0 Å². The summed E-state index contributed by atoms with van der Waals surface area (Å²) in [6.07, 6.45) is -32.5. The predicted octanol–water partition coefficient (Wildman–Crippen LogP) is 6.54. The van der Waals surface area contributed by atoms with Gasteiger partial charge in [-0.15, -0.1) is 82.2 Å². The molecule has 0 radical (unpaired) electrons. The maximum Gasteiger partial charge on any atom is 1.00 e. The van der Waals surface area contributed by atoms with Gasteiger partial charge in [0.2, 0.25) is 44.5 Å². The minimum Gasteiger partial charge on any atom is -0.743 e. The molecule has 0 aliphatic carbocycles. The van der Waals surface area contributed by atoms with Crippen molar-refractivity contribution in [2.75, 3.05) is 42.3 Å². The number of hydrogen-bond donors (Lipinski definition) is 0. The van der Waals surface area contributed by atoms with Gasteiger partial charge in [0.15, 0.2) is 10.1 Å². The topological polar surface area (TPSA) is 602 Å². The first-order valence-corrected chi connectivity index (χ1v) is 35.3. The van der Waals surface area contributed by atoms with Crippen LogP contribution >= 0.6 is 0 Å². The first kappa shape index (κ1) is 261. The van der Waals surface area contributed by atoms with Gasteiger partial charge in [-0.05, 0) is 7.05 Å². The van der Waals surface area contributed by atoms with Gasteiger partial charge in [0.1, 0.15) is 10.0 Å². The fourth-order valence-corrected chi connectivity index (χ4v) is 7.13. The third-order valence-electron chi connectivity index (χ3n) is 6.83. The van der Waals surface area contributed by atoms with Crippen molar-refractivity contribution in [3.05, 3.63) is 4.72 Å². The van der Waals surface area contributed by atoms with Gasteiger partial charge in [0, 0.05) is 28.1 Å². The van der Waals surface area contributed by atoms with E-state index in [9.17, 15) is 170 Å². The Morgan fingerprint density at radius 1 is 0.328 bits per heavy atom. The Morgan fingerprint density at radius 3 is 0.602 bits per heavy atom. The Kier molecular flexibility index (Phi) is 247. The monoisotopic (exact) mass is 2440 g/mol. The Morgan fingerprint density at radius 2 is 0.477 bits per heavy atom. The molecule has 0 saturated carbocycles. The zero-order chi connectivity index (χ0) is 85.6. The summed E-state index contributed by atoms with van der Waals surface area (Å²) >= 11 is 0. The van der Waals surface area contributed by atoms with E-state index >= 15 is 0 Å². The van der Waals surface area contributed by atoms with Gasteiger partial charge in [0.25, 0.3) is 20.0 Å². The molecule has 77 heteroatoms. The SMILES string of the molecule is C.C.C.C.C.C.C.C.C.C.C.C.C.C.C.C.C.C.C.C.C.C.C.C.CC(=O)N(C)S(=O)(=O)C(F)(F)CC(F)F.CN(C)S(=O)(=O)C(F)(F)CC(F)F.CN([C-]=O)S(=O)(=O)C(F)(F)CC(F)F.COS(=O)(=O)C(F)(F)CC(F)F.C[N-]S(=O)(=O)C(F)(F)CC(F)F.O=S(=O)([O-])C(F)(F)CC(F)F.O=S(=O)=O.O=S(=O)=O.O=S(=O)=O.O=S(=O)=O.O=S(=O)=O.O=S(=O)=O.[Rb+].[Rb+].[Rb+]. The third-order valence-corrected chi connectivity index (χ3v) is 16.0. The van der Waals surface area contributed by atoms with Crippen LogP contribution in [0.15, 0.2) is 0 Å². The summed E-state index contributed by atoms with van der Waals surface area (Å²) in [5, 5.41) is -27.6. The van der Waals surface area contributed by atoms with Crippen LogP contribution in [0.1, 0.15) is 224 Å². The Balaban J connectivity index is -0.0000000183. The fraction of sp³-hybridized carbons (Fsp3) is 0.961. The zero-order valence-corrected chi connectivity index (χ0v) is 75.9. The van der Waals surface area contributed by atoms with E-state index in [0.29, 0.717) is 34.7 Å². The average molecular weight is 2450 g/mol. The molecule has 0 aromatic heterocycles. The number of halogens is 24. The molecule has 2 amide bonds. The number of amides is 2. The molecule has 0 atom stereocenters. The molecule has 0 N–H and O–H groups in total. The summed E-state index contributed by atoms with van der Waals surface area (Å²) in [4.78, 5) is 20.3. The molecule has 0 saturated heterocycles. The fourth-order valence-electron chi connectivity index (χ4n) is 2.84. The Hall–Kier alpha value is -0.0644. The van der Waals surface area contributed by atoms with Crippen molar-refractivity contribution in [1.82, 2.24) is 12.9 Å². The summed E-state index contributed by atoms with van der Waals surface area (Å²) < 4.78 is 578. The van der Waals surface area contributed by atoms with Crippen LogP contribution in [0.2, 0.25) is 0 Å². The Labute approximate surface area is 901 Å². The number of carbonyl (C=O) groups is 1. The maximum atomic E-state index is 12.8. The molecule has 0 rings (SSSR count). The molecule has 0 heterocycles. The molecule has 0 aromatic carbocycles. The summed E-state index contributed by atoms with van der Waals surface area (Å²) in [7, 11) is -46.7. The maximum absolute atomic E-state index is 12.8. The van der Waals surface area contributed by atoms with E-state index in [-0.39, 0.29) is 361 Å². The normalized spacial score (nSPS) is 9.30. The number of nitrogens with zero attached hydrogens (tertiary/aromatic N) is 4. The van der Waals surface area contributed by atoms with Crippen LogP contribution in [-0.4, -0.2) is 268 Å². The molecule has 0 spiro atoms. The zero-order valence-electron chi connectivity index (χ0n) is 51.3. The number of sulfonamides is 4. The minimum atomic E-state index is -5.96. The second-order valence-corrected chi connectivity index (χ2v) is 28.4. The van der Waals surface area contributed by atoms with Crippen molar-refractivity contribution in [2.45, 2.75) is 294 Å². The minimum absolute atomic E-state index is 0. The van der Waals surface area contributed by atoms with Crippen LogP contribution in [0.25, 0.3) is 4.72 Å². The largest absolute Gasteiger partial charge is 1.00 e. The molecule has 0 fully saturated rings. The molecule has 38 nitrogen and oxygen atoms in total. The van der Waals surface area contributed by atoms with Gasteiger partial charge in [-0.2, -0.15) is 76.6 Å². The molecule has 0 unspecified atom stereocenters. The van der Waals surface area contributed by atoms with Gasteiger partial charge in [-0.25, -0.2) is 95.0 Å². The predicted molar refractivity (Wildman–Crippen MR) is 429 cm³/mol. The van der Waals surface area contributed by atoms with Crippen molar-refractivity contribution in [1.29, 1.82) is 0 Å². The molecule has 0 aliphatic rings. The van der Waals surface area contributed by atoms with E-state index in [1.165, 1.54) is 0 Å². The van der Waals surface area contributed by atoms with Crippen LogP contribution in [0.4, 0.5) is 105 Å². The van der Waals surface area contributed by atoms with E-state index in [1.807, 2.05) is 0 Å². The molecule has 806 valence electrons. The number of alkyl halides is 24. The van der Waals surface area contributed by atoms with Crippen molar-refractivity contribution < 1.29 is 425 Å². The van der Waals surface area contributed by atoms with Crippen molar-refractivity contribution in [2.24, 2.45) is 0 Å². The second-order valence-electron chi connectivity index (χ2n) is 14.2. The summed E-state index contributed by atoms with van der Waals surface area (Å²) in [6, 6.07) is 0. The number of rotatable bonds is 24. The third kappa shape index (κ3) is 151. The molecule has 0 aromatic rings. The Bertz CT molecular complexity index is 3670. The van der Waals surface area contributed by atoms with Gasteiger partial charge in [0.05, 0.1) is 45.6 Å². The summed E-state index contributed by atoms with van der Waals surface area (Å²) in [6.45, 7) is 0.732. The molecule has 0 bridgehead atoms. The van der Waals surface area contributed by atoms with Crippen LogP contribution in [0.5, 0.6) is 0 Å². The summed E-state index contributed by atoms with van der Waals surface area (Å²) in [5.74, 6) is -1.18. The van der Waals surface area contributed by atoms with Crippen molar-refractivity contribution in [3.8, 4) is 0 Å². The van der Waals surface area contributed by atoms with Crippen molar-refractivity contribution >= 4 is 136 Å². The number of hydrogen-bond acceptors (Lipinski definition) is 34. The van der Waals surface area contributed by atoms with Crippen LogP contribution < -0.4 is 175 Å². The standard InChI is InChI=1S/C6H9F4NO3S.C5H6F4NO3S.C5H9F4NO2S.C4H6F4NO2S.C4H6F4O3S.C3H4F4O3S.24CH4.6O3S.3Rb/c1-4(12)11(2)15(13,14)6(9,10)3-5(7)8;1-10(3-11)14(12,13)5(8,9)2-4(6)7;1-10(2)13(11,12)5(8,9)3-4(6)7;1-9-12(10,11)4(7,8)2-3(5)6;1-11-12(9,10)4(7,8)2-3(5)6;4-2(5)1-3(6,7)11(8,9)10;;;;;;;;;;;;;;;;;;;;;;;;;6*1-4(2)3;;;/h5H,3H2,1-2H3;4H,2H2,1H3;4H,3H2,1-2H3;2*3H,2H2,1H3;2H,1H2,(H,8,9,10);24*1H4;;;;;;;;;/q;-1;;-1;;;;;;;;;;;;;;;;;;;;;;;;;;;;;;;;;3*+1/p-1. The van der Waals surface area contributed by atoms with Crippen LogP contribution in [0, 0.1) is 0 Å². The van der Waals surface area contributed by atoms with E-state index < -0.39 is 243 Å². The first-order valence-electron chi connectivity index (χ1n) is 20.7. The van der Waals surface area contributed by atoms with Gasteiger partial charge in [-0.3, -0.25) is 8.98 Å². The van der Waals surface area contributed by atoms with E-state index in [1.54, 1.807) is 0 Å². The second kappa shape index (κ2) is 121. The molecular weight excluding hydrogens is 2310 g/mol. The van der Waals surface area contributed by atoms with E-state index in [0.717, 1.165) is 21.0 Å². The van der Waals surface area contributed by atoms with Gasteiger partial charge in [-0.1, -0.05) is 178 Å². The molecular formula is C51H135F24N4O34Rb3S12. The van der Waals surface area contributed by atoms with Gasteiger partial charge < -0.3 is 18.4 Å².